The highest BCUT2D eigenvalue weighted by Crippen LogP contribution is 2.26. The molecule has 0 bridgehead atoms. The van der Waals surface area contributed by atoms with Crippen LogP contribution in [-0.2, 0) is 9.53 Å². The molecule has 2 aromatic carbocycles. The van der Waals surface area contributed by atoms with Crippen LogP contribution in [0.1, 0.15) is 61.1 Å². The highest BCUT2D eigenvalue weighted by molar-refractivity contribution is 5.99. The number of nitriles is 1. The van der Waals surface area contributed by atoms with Crippen molar-refractivity contribution in [3.63, 3.8) is 0 Å². The minimum absolute atomic E-state index is 0.124. The number of esters is 1. The maximum absolute atomic E-state index is 12.8. The van der Waals surface area contributed by atoms with Crippen LogP contribution in [0.15, 0.2) is 54.2 Å². The number of rotatable bonds is 11. The molecule has 0 saturated carbocycles. The molecule has 1 amide bonds. The number of anilines is 1. The first kappa shape index (κ1) is 25.5. The summed E-state index contributed by atoms with van der Waals surface area (Å²) in [5, 5.41) is 15.3. The van der Waals surface area contributed by atoms with Crippen LogP contribution in [0.25, 0.3) is 0 Å². The van der Waals surface area contributed by atoms with E-state index in [1.807, 2.05) is 52.0 Å². The summed E-state index contributed by atoms with van der Waals surface area (Å²) in [6, 6.07) is 14.1. The molecule has 2 aromatic rings. The normalized spacial score (nSPS) is 11.8. The molecule has 2 rings (SSSR count). The van der Waals surface area contributed by atoms with Crippen molar-refractivity contribution < 1.29 is 19.1 Å². The number of ether oxygens (including phenoxy) is 2. The molecular formula is C26H31N3O4. The van der Waals surface area contributed by atoms with Gasteiger partial charge in [-0.1, -0.05) is 43.2 Å². The average Bonchev–Trinajstić information content (AvgIpc) is 2.81. The quantitative estimate of drug-likeness (QED) is 0.216. The fourth-order valence-electron chi connectivity index (χ4n) is 3.12. The lowest BCUT2D eigenvalue weighted by molar-refractivity contribution is -0.117. The first-order valence-electron chi connectivity index (χ1n) is 11.1. The Morgan fingerprint density at radius 2 is 1.94 bits per heavy atom. The van der Waals surface area contributed by atoms with Crippen LogP contribution in [0.2, 0.25) is 0 Å². The minimum Gasteiger partial charge on any atom is -0.494 e. The molecule has 0 heterocycles. The third-order valence-corrected chi connectivity index (χ3v) is 4.89. The summed E-state index contributed by atoms with van der Waals surface area (Å²) < 4.78 is 10.9. The number of carbonyl (C=O) groups is 2. The van der Waals surface area contributed by atoms with Crippen LogP contribution in [0.4, 0.5) is 5.69 Å². The van der Waals surface area contributed by atoms with Crippen LogP contribution in [0, 0.1) is 18.3 Å². The van der Waals surface area contributed by atoms with Gasteiger partial charge < -0.3 is 20.1 Å². The molecule has 7 nitrogen and oxygen atoms in total. The summed E-state index contributed by atoms with van der Waals surface area (Å²) in [6.45, 7) is 8.55. The van der Waals surface area contributed by atoms with Crippen LogP contribution in [0.3, 0.4) is 0 Å². The van der Waals surface area contributed by atoms with E-state index in [1.165, 1.54) is 6.20 Å². The van der Waals surface area contributed by atoms with Gasteiger partial charge in [-0.15, -0.1) is 0 Å². The second-order valence-corrected chi connectivity index (χ2v) is 7.52. The molecule has 7 heteroatoms. The van der Waals surface area contributed by atoms with E-state index < -0.39 is 11.9 Å². The number of aryl methyl sites for hydroxylation is 1. The molecule has 2 N–H and O–H groups in total. The molecule has 0 radical (unpaired) electrons. The zero-order chi connectivity index (χ0) is 24.2. The maximum Gasteiger partial charge on any atom is 0.340 e. The zero-order valence-corrected chi connectivity index (χ0v) is 19.6. The molecule has 0 aliphatic carbocycles. The number of nitrogens with one attached hydrogen (secondary N) is 2. The molecule has 0 aliphatic rings. The highest BCUT2D eigenvalue weighted by Gasteiger charge is 2.18. The Hall–Kier alpha value is -3.79. The zero-order valence-electron chi connectivity index (χ0n) is 19.6. The molecule has 0 aromatic heterocycles. The lowest BCUT2D eigenvalue weighted by Crippen LogP contribution is -2.28. The van der Waals surface area contributed by atoms with E-state index in [9.17, 15) is 14.9 Å². The fourth-order valence-corrected chi connectivity index (χ4v) is 3.12. The van der Waals surface area contributed by atoms with Gasteiger partial charge in [-0.25, -0.2) is 4.79 Å². The van der Waals surface area contributed by atoms with Crippen molar-refractivity contribution in [2.24, 2.45) is 0 Å². The summed E-state index contributed by atoms with van der Waals surface area (Å²) in [7, 11) is 0. The summed E-state index contributed by atoms with van der Waals surface area (Å²) in [4.78, 5) is 25.1. The Bertz CT molecular complexity index is 1040. The highest BCUT2D eigenvalue weighted by atomic mass is 16.5. The number of para-hydroxylation sites is 1. The average molecular weight is 450 g/mol. The van der Waals surface area contributed by atoms with Gasteiger partial charge in [0.1, 0.15) is 17.4 Å². The Kier molecular flexibility index (Phi) is 9.97. The van der Waals surface area contributed by atoms with Gasteiger partial charge in [-0.3, -0.25) is 4.79 Å². The first-order chi connectivity index (χ1) is 15.9. The van der Waals surface area contributed by atoms with Gasteiger partial charge >= 0.3 is 5.97 Å². The lowest BCUT2D eigenvalue weighted by Gasteiger charge is -2.18. The van der Waals surface area contributed by atoms with Gasteiger partial charge in [-0.05, 0) is 45.4 Å². The number of amides is 1. The number of benzene rings is 2. The van der Waals surface area contributed by atoms with Crippen molar-refractivity contribution in [3.05, 3.63) is 70.9 Å². The van der Waals surface area contributed by atoms with Crippen molar-refractivity contribution in [2.45, 2.75) is 46.6 Å². The molecule has 0 aliphatic heterocycles. The molecule has 0 spiro atoms. The summed E-state index contributed by atoms with van der Waals surface area (Å²) in [5.41, 5.74) is 2.52. The topological polar surface area (TPSA) is 100 Å². The first-order valence-corrected chi connectivity index (χ1v) is 11.1. The van der Waals surface area contributed by atoms with Crippen LogP contribution in [0.5, 0.6) is 5.75 Å². The molecule has 174 valence electrons. The van der Waals surface area contributed by atoms with Crippen LogP contribution in [-0.4, -0.2) is 25.1 Å². The second-order valence-electron chi connectivity index (χ2n) is 7.52. The monoisotopic (exact) mass is 449 g/mol. The fraction of sp³-hybridized carbons (Fsp3) is 0.346. The Morgan fingerprint density at radius 3 is 2.64 bits per heavy atom. The lowest BCUT2D eigenvalue weighted by atomic mass is 10.0. The van der Waals surface area contributed by atoms with Gasteiger partial charge in [0.05, 0.1) is 30.5 Å². The number of unbranched alkanes of at least 4 members (excludes halogenated alkanes) is 1. The van der Waals surface area contributed by atoms with E-state index in [0.29, 0.717) is 30.2 Å². The third kappa shape index (κ3) is 7.39. The van der Waals surface area contributed by atoms with Gasteiger partial charge in [0.15, 0.2) is 0 Å². The standard InChI is InChI=1S/C26H31N3O4/c1-5-7-14-33-26(31)21-10-8-9-11-23(21)28-17-20(16-27)25(30)29-19(4)22-15-18(3)12-13-24(22)32-6-2/h8-13,15,17,19,28H,5-7,14H2,1-4H3,(H,29,30)/b20-17-. The molecule has 1 atom stereocenters. The minimum atomic E-state index is -0.538. The van der Waals surface area contributed by atoms with Crippen molar-refractivity contribution in [1.82, 2.24) is 5.32 Å². The van der Waals surface area contributed by atoms with E-state index in [1.54, 1.807) is 24.3 Å². The maximum atomic E-state index is 12.8. The van der Waals surface area contributed by atoms with Gasteiger partial charge in [-0.2, -0.15) is 5.26 Å². The van der Waals surface area contributed by atoms with E-state index in [2.05, 4.69) is 10.6 Å². The second kappa shape index (κ2) is 12.9. The Balaban J connectivity index is 2.14. The number of carbonyl (C=O) groups excluding carboxylic acids is 2. The Labute approximate surface area is 195 Å². The SMILES string of the molecule is CCCCOC(=O)c1ccccc1N/C=C(/C#N)C(=O)NC(C)c1cc(C)ccc1OCC. The largest absolute Gasteiger partial charge is 0.494 e. The van der Waals surface area contributed by atoms with Crippen molar-refractivity contribution >= 4 is 17.6 Å². The molecular weight excluding hydrogens is 418 g/mol. The van der Waals surface area contributed by atoms with E-state index in [0.717, 1.165) is 24.0 Å². The number of hydrogen-bond acceptors (Lipinski definition) is 6. The van der Waals surface area contributed by atoms with Crippen molar-refractivity contribution in [1.29, 1.82) is 5.26 Å². The van der Waals surface area contributed by atoms with Gasteiger partial charge in [0.2, 0.25) is 0 Å². The van der Waals surface area contributed by atoms with Crippen molar-refractivity contribution in [3.8, 4) is 11.8 Å². The summed E-state index contributed by atoms with van der Waals surface area (Å²) in [5.74, 6) is -0.309. The third-order valence-electron chi connectivity index (χ3n) is 4.89. The van der Waals surface area contributed by atoms with Gasteiger partial charge in [0.25, 0.3) is 5.91 Å². The van der Waals surface area contributed by atoms with Crippen LogP contribution < -0.4 is 15.4 Å². The molecule has 1 unspecified atom stereocenters. The Morgan fingerprint density at radius 1 is 1.18 bits per heavy atom. The smallest absolute Gasteiger partial charge is 0.340 e. The molecule has 33 heavy (non-hydrogen) atoms. The predicted molar refractivity (Wildman–Crippen MR) is 128 cm³/mol. The van der Waals surface area contributed by atoms with E-state index in [4.69, 9.17) is 9.47 Å². The van der Waals surface area contributed by atoms with E-state index in [-0.39, 0.29) is 11.6 Å². The van der Waals surface area contributed by atoms with Crippen molar-refractivity contribution in [2.75, 3.05) is 18.5 Å². The van der Waals surface area contributed by atoms with Gasteiger partial charge in [0, 0.05) is 11.8 Å². The molecule has 0 saturated heterocycles. The number of nitrogens with zero attached hydrogens (tertiary/aromatic N) is 1. The van der Waals surface area contributed by atoms with E-state index >= 15 is 0 Å². The summed E-state index contributed by atoms with van der Waals surface area (Å²) in [6.07, 6.45) is 2.99. The summed E-state index contributed by atoms with van der Waals surface area (Å²) >= 11 is 0. The number of hydrogen-bond donors (Lipinski definition) is 2. The predicted octanol–water partition coefficient (Wildman–Crippen LogP) is 5.05. The molecule has 0 fully saturated rings. The van der Waals surface area contributed by atoms with Crippen LogP contribution >= 0.6 is 0 Å².